The molecule has 0 aliphatic heterocycles. The molecule has 0 radical (unpaired) electrons. The first-order valence-electron chi connectivity index (χ1n) is 6.62. The monoisotopic (exact) mass is 279 g/mol. The summed E-state index contributed by atoms with van der Waals surface area (Å²) in [6, 6.07) is 4.48. The van der Waals surface area contributed by atoms with Crippen LogP contribution in [-0.4, -0.2) is 30.2 Å². The summed E-state index contributed by atoms with van der Waals surface area (Å²) in [5.74, 6) is -1.40. The molecule has 1 amide bonds. The van der Waals surface area contributed by atoms with E-state index in [0.29, 0.717) is 18.8 Å². The lowest BCUT2D eigenvalue weighted by atomic mass is 10.0. The molecule has 2 N–H and O–H groups in total. The highest BCUT2D eigenvalue weighted by Crippen LogP contribution is 2.17. The summed E-state index contributed by atoms with van der Waals surface area (Å²) in [5, 5.41) is 11.8. The van der Waals surface area contributed by atoms with Crippen molar-refractivity contribution in [3.63, 3.8) is 0 Å². The maximum atomic E-state index is 11.7. The third-order valence-electron chi connectivity index (χ3n) is 2.81. The minimum Gasteiger partial charge on any atom is -0.479 e. The number of aliphatic carboxylic acids is 1. The molecule has 0 aliphatic carbocycles. The molecule has 0 saturated heterocycles. The number of carboxylic acids is 1. The van der Waals surface area contributed by atoms with Crippen molar-refractivity contribution in [3.05, 3.63) is 34.9 Å². The molecule has 110 valence electrons. The van der Waals surface area contributed by atoms with Crippen LogP contribution in [0.3, 0.4) is 0 Å². The summed E-state index contributed by atoms with van der Waals surface area (Å²) in [6.07, 6.45) is 0.155. The first kappa shape index (κ1) is 16.2. The first-order chi connectivity index (χ1) is 9.43. The largest absolute Gasteiger partial charge is 0.479 e. The van der Waals surface area contributed by atoms with E-state index in [2.05, 4.69) is 5.32 Å². The Morgan fingerprint density at radius 1 is 1.25 bits per heavy atom. The Morgan fingerprint density at radius 2 is 1.85 bits per heavy atom. The summed E-state index contributed by atoms with van der Waals surface area (Å²) < 4.78 is 5.08. The number of hydrogen-bond donors (Lipinski definition) is 2. The van der Waals surface area contributed by atoms with Gasteiger partial charge in [0.1, 0.15) is 0 Å². The molecule has 0 saturated carbocycles. The number of aryl methyl sites for hydroxylation is 2. The molecule has 0 heterocycles. The third kappa shape index (κ3) is 5.01. The van der Waals surface area contributed by atoms with Gasteiger partial charge in [-0.1, -0.05) is 29.3 Å². The number of hydrogen-bond acceptors (Lipinski definition) is 3. The van der Waals surface area contributed by atoms with Gasteiger partial charge in [0, 0.05) is 13.0 Å². The van der Waals surface area contributed by atoms with E-state index >= 15 is 0 Å². The minimum atomic E-state index is -1.07. The van der Waals surface area contributed by atoms with Crippen LogP contribution < -0.4 is 5.32 Å². The molecule has 1 unspecified atom stereocenters. The fourth-order valence-electron chi connectivity index (χ4n) is 2.01. The molecule has 1 aromatic rings. The molecule has 0 bridgehead atoms. The fourth-order valence-corrected chi connectivity index (χ4v) is 2.01. The normalized spacial score (nSPS) is 11.9. The molecule has 1 aromatic carbocycles. The van der Waals surface area contributed by atoms with Crippen LogP contribution in [0.1, 0.15) is 36.1 Å². The van der Waals surface area contributed by atoms with Crippen molar-refractivity contribution in [2.24, 2.45) is 0 Å². The minimum absolute atomic E-state index is 0.155. The maximum Gasteiger partial charge on any atom is 0.330 e. The number of carbonyl (C=O) groups excluding carboxylic acids is 1. The van der Waals surface area contributed by atoms with Gasteiger partial charge < -0.3 is 15.2 Å². The highest BCUT2D eigenvalue weighted by molar-refractivity contribution is 5.84. The van der Waals surface area contributed by atoms with E-state index in [9.17, 15) is 14.7 Å². The van der Waals surface area contributed by atoms with Gasteiger partial charge in [-0.15, -0.1) is 0 Å². The molecular formula is C15H21NO4. The van der Waals surface area contributed by atoms with Crippen LogP contribution >= 0.6 is 0 Å². The molecule has 0 fully saturated rings. The summed E-state index contributed by atoms with van der Waals surface area (Å²) in [4.78, 5) is 23.1. The van der Waals surface area contributed by atoms with Crippen molar-refractivity contribution in [2.45, 2.75) is 33.2 Å². The number of nitrogens with one attached hydrogen (secondary N) is 1. The smallest absolute Gasteiger partial charge is 0.330 e. The number of carbonyl (C=O) groups is 2. The van der Waals surface area contributed by atoms with E-state index in [-0.39, 0.29) is 12.3 Å². The van der Waals surface area contributed by atoms with Gasteiger partial charge in [0.05, 0.1) is 6.61 Å². The van der Waals surface area contributed by atoms with Gasteiger partial charge in [-0.05, 0) is 26.3 Å². The van der Waals surface area contributed by atoms with Gasteiger partial charge in [0.2, 0.25) is 5.91 Å². The van der Waals surface area contributed by atoms with Crippen molar-refractivity contribution in [2.75, 3.05) is 13.2 Å². The molecule has 5 nitrogen and oxygen atoms in total. The molecule has 0 spiro atoms. The Kier molecular flexibility index (Phi) is 6.18. The van der Waals surface area contributed by atoms with Crippen molar-refractivity contribution in [3.8, 4) is 0 Å². The van der Waals surface area contributed by atoms with Crippen LogP contribution in [0, 0.1) is 13.8 Å². The number of rotatable bonds is 7. The number of benzene rings is 1. The molecule has 20 heavy (non-hydrogen) atoms. The maximum absolute atomic E-state index is 11.7. The molecule has 0 aliphatic rings. The van der Waals surface area contributed by atoms with Crippen molar-refractivity contribution in [1.29, 1.82) is 0 Å². The van der Waals surface area contributed by atoms with Gasteiger partial charge >= 0.3 is 5.97 Å². The van der Waals surface area contributed by atoms with Gasteiger partial charge in [0.15, 0.2) is 6.04 Å². The summed E-state index contributed by atoms with van der Waals surface area (Å²) >= 11 is 0. The van der Waals surface area contributed by atoms with Crippen LogP contribution in [0.4, 0.5) is 0 Å². The SMILES string of the molecule is CCOCCC(=O)NC(C(=O)O)c1cc(C)cc(C)c1. The molecule has 1 rings (SSSR count). The number of ether oxygens (including phenoxy) is 1. The highest BCUT2D eigenvalue weighted by atomic mass is 16.5. The number of amides is 1. The zero-order valence-electron chi connectivity index (χ0n) is 12.1. The average Bonchev–Trinajstić information content (AvgIpc) is 2.34. The standard InChI is InChI=1S/C15H21NO4/c1-4-20-6-5-13(17)16-14(15(18)19)12-8-10(2)7-11(3)9-12/h7-9,14H,4-6H2,1-3H3,(H,16,17)(H,18,19). The Morgan fingerprint density at radius 3 is 2.35 bits per heavy atom. The lowest BCUT2D eigenvalue weighted by Gasteiger charge is -2.16. The summed E-state index contributed by atoms with van der Waals surface area (Å²) in [5.41, 5.74) is 2.52. The first-order valence-corrected chi connectivity index (χ1v) is 6.62. The summed E-state index contributed by atoms with van der Waals surface area (Å²) in [7, 11) is 0. The van der Waals surface area contributed by atoms with E-state index in [4.69, 9.17) is 4.74 Å². The topological polar surface area (TPSA) is 75.6 Å². The Labute approximate surface area is 118 Å². The van der Waals surface area contributed by atoms with Crippen LogP contribution in [0.2, 0.25) is 0 Å². The average molecular weight is 279 g/mol. The lowest BCUT2D eigenvalue weighted by molar-refractivity contribution is -0.142. The summed E-state index contributed by atoms with van der Waals surface area (Å²) in [6.45, 7) is 6.46. The van der Waals surface area contributed by atoms with Crippen LogP contribution in [-0.2, 0) is 14.3 Å². The van der Waals surface area contributed by atoms with Crippen molar-refractivity contribution < 1.29 is 19.4 Å². The predicted octanol–water partition coefficient (Wildman–Crippen LogP) is 1.97. The van der Waals surface area contributed by atoms with Crippen molar-refractivity contribution in [1.82, 2.24) is 5.32 Å². The second-order valence-electron chi connectivity index (χ2n) is 4.71. The molecule has 5 heteroatoms. The van der Waals surface area contributed by atoms with E-state index in [1.807, 2.05) is 26.8 Å². The third-order valence-corrected chi connectivity index (χ3v) is 2.81. The Bertz CT molecular complexity index is 465. The van der Waals surface area contributed by atoms with E-state index < -0.39 is 12.0 Å². The zero-order valence-corrected chi connectivity index (χ0v) is 12.1. The fraction of sp³-hybridized carbons (Fsp3) is 0.467. The number of carboxylic acid groups (broad SMARTS) is 1. The van der Waals surface area contributed by atoms with Crippen LogP contribution in [0.5, 0.6) is 0 Å². The van der Waals surface area contributed by atoms with Crippen LogP contribution in [0.25, 0.3) is 0 Å². The quantitative estimate of drug-likeness (QED) is 0.748. The van der Waals surface area contributed by atoms with Crippen molar-refractivity contribution >= 4 is 11.9 Å². The van der Waals surface area contributed by atoms with Gasteiger partial charge in [-0.3, -0.25) is 4.79 Å². The molecule has 0 aromatic heterocycles. The van der Waals surface area contributed by atoms with E-state index in [1.165, 1.54) is 0 Å². The second kappa shape index (κ2) is 7.65. The van der Waals surface area contributed by atoms with Gasteiger partial charge in [-0.25, -0.2) is 4.79 Å². The Hall–Kier alpha value is -1.88. The Balaban J connectivity index is 2.79. The molecule has 1 atom stereocenters. The highest BCUT2D eigenvalue weighted by Gasteiger charge is 2.22. The van der Waals surface area contributed by atoms with Gasteiger partial charge in [0.25, 0.3) is 0 Å². The molecular weight excluding hydrogens is 258 g/mol. The predicted molar refractivity (Wildman–Crippen MR) is 75.5 cm³/mol. The van der Waals surface area contributed by atoms with E-state index in [0.717, 1.165) is 11.1 Å². The zero-order chi connectivity index (χ0) is 15.1. The van der Waals surface area contributed by atoms with Gasteiger partial charge in [-0.2, -0.15) is 0 Å². The lowest BCUT2D eigenvalue weighted by Crippen LogP contribution is -2.34. The van der Waals surface area contributed by atoms with Crippen LogP contribution in [0.15, 0.2) is 18.2 Å². The van der Waals surface area contributed by atoms with E-state index in [1.54, 1.807) is 12.1 Å². The second-order valence-corrected chi connectivity index (χ2v) is 4.71.